The van der Waals surface area contributed by atoms with E-state index in [1.165, 1.54) is 18.2 Å². The molecule has 20 heavy (non-hydrogen) atoms. The summed E-state index contributed by atoms with van der Waals surface area (Å²) in [5.41, 5.74) is 5.56. The molecule has 0 radical (unpaired) electrons. The van der Waals surface area contributed by atoms with Gasteiger partial charge < -0.3 is 15.4 Å². The third kappa shape index (κ3) is 2.85. The Balaban J connectivity index is 2.43. The van der Waals surface area contributed by atoms with Crippen LogP contribution >= 0.6 is 11.8 Å². The minimum Gasteiger partial charge on any atom is -0.416 e. The quantitative estimate of drug-likeness (QED) is 0.284. The van der Waals surface area contributed by atoms with E-state index in [0.717, 1.165) is 11.8 Å². The predicted octanol–water partition coefficient (Wildman–Crippen LogP) is 1.53. The summed E-state index contributed by atoms with van der Waals surface area (Å²) in [6.45, 7) is 1.64. The molecule has 1 heterocycles. The second kappa shape index (κ2) is 5.57. The Labute approximate surface area is 116 Å². The Morgan fingerprint density at radius 1 is 1.55 bits per heavy atom. The predicted molar refractivity (Wildman–Crippen MR) is 68.8 cm³/mol. The molecule has 2 rings (SSSR count). The van der Waals surface area contributed by atoms with Gasteiger partial charge in [-0.3, -0.25) is 10.1 Å². The number of amidine groups is 1. The summed E-state index contributed by atoms with van der Waals surface area (Å²) in [6.07, 6.45) is 0. The van der Waals surface area contributed by atoms with E-state index in [4.69, 9.17) is 15.4 Å². The van der Waals surface area contributed by atoms with E-state index in [0.29, 0.717) is 10.8 Å². The van der Waals surface area contributed by atoms with Gasteiger partial charge in [0.2, 0.25) is 5.89 Å². The summed E-state index contributed by atoms with van der Waals surface area (Å²) in [6, 6.07) is 3.98. The van der Waals surface area contributed by atoms with E-state index in [1.54, 1.807) is 6.92 Å². The lowest BCUT2D eigenvalue weighted by Gasteiger charge is -2.05. The highest BCUT2D eigenvalue weighted by atomic mass is 32.2. The highest BCUT2D eigenvalue weighted by molar-refractivity contribution is 7.99. The topological polar surface area (TPSA) is 141 Å². The van der Waals surface area contributed by atoms with Crippen LogP contribution in [0, 0.1) is 17.0 Å². The lowest BCUT2D eigenvalue weighted by molar-refractivity contribution is -0.384. The summed E-state index contributed by atoms with van der Waals surface area (Å²) < 4.78 is 5.20. The van der Waals surface area contributed by atoms with E-state index < -0.39 is 4.92 Å². The number of nitrogens with zero attached hydrogens (tertiary/aromatic N) is 4. The summed E-state index contributed by atoms with van der Waals surface area (Å²) in [5.74, 6) is 0.146. The summed E-state index contributed by atoms with van der Waals surface area (Å²) >= 11 is 1.06. The van der Waals surface area contributed by atoms with Gasteiger partial charge in [0.1, 0.15) is 0 Å². The molecular formula is C10H9N5O4S. The van der Waals surface area contributed by atoms with Crippen molar-refractivity contribution in [2.24, 2.45) is 10.9 Å². The van der Waals surface area contributed by atoms with Crippen molar-refractivity contribution in [2.75, 3.05) is 0 Å². The van der Waals surface area contributed by atoms with Crippen molar-refractivity contribution in [3.63, 3.8) is 0 Å². The summed E-state index contributed by atoms with van der Waals surface area (Å²) in [4.78, 5) is 10.7. The normalized spacial score (nSPS) is 11.6. The molecule has 0 fully saturated rings. The lowest BCUT2D eigenvalue weighted by atomic mass is 10.2. The molecular weight excluding hydrogens is 286 g/mol. The van der Waals surface area contributed by atoms with Crippen molar-refractivity contribution < 1.29 is 14.5 Å². The maximum atomic E-state index is 10.8. The van der Waals surface area contributed by atoms with Crippen LogP contribution in [0.5, 0.6) is 0 Å². The Bertz CT molecular complexity index is 684. The van der Waals surface area contributed by atoms with Crippen molar-refractivity contribution in [3.05, 3.63) is 39.8 Å². The number of benzene rings is 1. The van der Waals surface area contributed by atoms with Crippen LogP contribution in [-0.2, 0) is 0 Å². The zero-order valence-electron chi connectivity index (χ0n) is 10.2. The fourth-order valence-electron chi connectivity index (χ4n) is 1.39. The molecule has 104 valence electrons. The maximum Gasteiger partial charge on any atom is 0.281 e. The van der Waals surface area contributed by atoms with Crippen LogP contribution in [0.1, 0.15) is 11.5 Å². The van der Waals surface area contributed by atoms with Crippen LogP contribution in [0.4, 0.5) is 5.69 Å². The molecule has 0 amide bonds. The van der Waals surface area contributed by atoms with Gasteiger partial charge in [-0.1, -0.05) is 5.16 Å². The Morgan fingerprint density at radius 2 is 2.30 bits per heavy atom. The highest BCUT2D eigenvalue weighted by Gasteiger charge is 2.16. The largest absolute Gasteiger partial charge is 0.416 e. The molecule has 0 aliphatic carbocycles. The number of hydrogen-bond donors (Lipinski definition) is 2. The monoisotopic (exact) mass is 295 g/mol. The second-order valence-corrected chi connectivity index (χ2v) is 4.61. The molecule has 0 aliphatic rings. The molecule has 9 nitrogen and oxygen atoms in total. The lowest BCUT2D eigenvalue weighted by Crippen LogP contribution is -2.14. The van der Waals surface area contributed by atoms with Gasteiger partial charge in [-0.25, -0.2) is 0 Å². The number of nitro benzene ring substituents is 1. The number of rotatable bonds is 4. The number of oxime groups is 1. The van der Waals surface area contributed by atoms with E-state index in [2.05, 4.69) is 15.4 Å². The molecule has 0 spiro atoms. The molecule has 3 N–H and O–H groups in total. The number of nitrogens with two attached hydrogens (primary N) is 1. The molecule has 0 aliphatic heterocycles. The second-order valence-electron chi connectivity index (χ2n) is 3.61. The van der Waals surface area contributed by atoms with Crippen molar-refractivity contribution in [1.29, 1.82) is 0 Å². The highest BCUT2D eigenvalue weighted by Crippen LogP contribution is 2.31. The molecule has 0 saturated carbocycles. The fraction of sp³-hybridized carbons (Fsp3) is 0.100. The van der Waals surface area contributed by atoms with Crippen molar-refractivity contribution in [2.45, 2.75) is 17.0 Å². The zero-order chi connectivity index (χ0) is 14.7. The minimum atomic E-state index is -0.570. The molecule has 0 unspecified atom stereocenters. The van der Waals surface area contributed by atoms with Crippen LogP contribution in [-0.4, -0.2) is 26.2 Å². The minimum absolute atomic E-state index is 0.169. The van der Waals surface area contributed by atoms with E-state index in [9.17, 15) is 10.1 Å². The molecule has 2 aromatic rings. The third-order valence-electron chi connectivity index (χ3n) is 2.26. The van der Waals surface area contributed by atoms with Gasteiger partial charge in [-0.15, -0.1) is 10.2 Å². The first-order chi connectivity index (χ1) is 9.51. The summed E-state index contributed by atoms with van der Waals surface area (Å²) in [7, 11) is 0. The van der Waals surface area contributed by atoms with Gasteiger partial charge in [0.05, 0.1) is 4.92 Å². The van der Waals surface area contributed by atoms with E-state index in [-0.39, 0.29) is 22.3 Å². The van der Waals surface area contributed by atoms with Crippen molar-refractivity contribution >= 4 is 23.3 Å². The van der Waals surface area contributed by atoms with E-state index in [1.807, 2.05) is 0 Å². The zero-order valence-corrected chi connectivity index (χ0v) is 11.0. The van der Waals surface area contributed by atoms with Crippen LogP contribution in [0.15, 0.2) is 37.9 Å². The van der Waals surface area contributed by atoms with Gasteiger partial charge in [-0.05, 0) is 17.8 Å². The Kier molecular flexibility index (Phi) is 3.84. The van der Waals surface area contributed by atoms with Gasteiger partial charge in [0.25, 0.3) is 10.9 Å². The molecule has 1 aromatic heterocycles. The first-order valence-electron chi connectivity index (χ1n) is 5.25. The number of aryl methyl sites for hydroxylation is 1. The van der Waals surface area contributed by atoms with Crippen LogP contribution < -0.4 is 5.73 Å². The number of aromatic nitrogens is 2. The van der Waals surface area contributed by atoms with Gasteiger partial charge in [-0.2, -0.15) is 0 Å². The Hall–Kier alpha value is -2.62. The average Bonchev–Trinajstić information content (AvgIpc) is 2.83. The smallest absolute Gasteiger partial charge is 0.281 e. The van der Waals surface area contributed by atoms with Crippen molar-refractivity contribution in [1.82, 2.24) is 10.2 Å². The molecule has 10 heteroatoms. The molecule has 0 saturated heterocycles. The number of hydrogen-bond acceptors (Lipinski definition) is 8. The van der Waals surface area contributed by atoms with Crippen LogP contribution in [0.3, 0.4) is 0 Å². The maximum absolute atomic E-state index is 10.8. The number of nitro groups is 1. The van der Waals surface area contributed by atoms with Gasteiger partial charge >= 0.3 is 0 Å². The fourth-order valence-corrected chi connectivity index (χ4v) is 2.23. The van der Waals surface area contributed by atoms with Crippen LogP contribution in [0.25, 0.3) is 0 Å². The standard InChI is InChI=1S/C10H9N5O4S/c1-5-12-13-10(19-5)20-8-3-2-6(15(17)18)4-7(8)9(11)14-16/h2-4,16H,1H3,(H2,11,14). The average molecular weight is 295 g/mol. The first-order valence-corrected chi connectivity index (χ1v) is 6.07. The SMILES string of the molecule is Cc1nnc(Sc2ccc([N+](=O)[O-])cc2C(N)=NO)o1. The summed E-state index contributed by atoms with van der Waals surface area (Å²) in [5, 5.41) is 30.1. The molecule has 0 bridgehead atoms. The van der Waals surface area contributed by atoms with Gasteiger partial charge in [0.15, 0.2) is 5.84 Å². The third-order valence-corrected chi connectivity index (χ3v) is 3.18. The van der Waals surface area contributed by atoms with Crippen LogP contribution in [0.2, 0.25) is 0 Å². The van der Waals surface area contributed by atoms with Crippen molar-refractivity contribution in [3.8, 4) is 0 Å². The van der Waals surface area contributed by atoms with E-state index >= 15 is 0 Å². The molecule has 1 aromatic carbocycles. The molecule has 0 atom stereocenters. The Morgan fingerprint density at radius 3 is 2.85 bits per heavy atom. The van der Waals surface area contributed by atoms with Gasteiger partial charge in [0, 0.05) is 29.5 Å². The first kappa shape index (κ1) is 13.8. The number of non-ortho nitro benzene ring substituents is 1.